The van der Waals surface area contributed by atoms with E-state index in [1.54, 1.807) is 18.7 Å². The zero-order chi connectivity index (χ0) is 12.8. The van der Waals surface area contributed by atoms with Crippen molar-refractivity contribution in [1.82, 2.24) is 4.90 Å². The maximum atomic E-state index is 12.4. The summed E-state index contributed by atoms with van der Waals surface area (Å²) in [5, 5.41) is 9.93. The first kappa shape index (κ1) is 12.1. The van der Waals surface area contributed by atoms with Crippen LogP contribution < -0.4 is 0 Å². The zero-order valence-corrected chi connectivity index (χ0v) is 11.2. The summed E-state index contributed by atoms with van der Waals surface area (Å²) in [6.45, 7) is 2.95. The Hall–Kier alpha value is -1.00. The monoisotopic (exact) mass is 263 g/mol. The number of thioether (sulfide) groups is 1. The summed E-state index contributed by atoms with van der Waals surface area (Å²) < 4.78 is 0. The maximum Gasteiger partial charge on any atom is 0.236 e. The fourth-order valence-corrected chi connectivity index (χ4v) is 3.94. The van der Waals surface area contributed by atoms with Gasteiger partial charge >= 0.3 is 0 Å². The number of likely N-dealkylation sites (tertiary alicyclic amines) is 1. The Balaban J connectivity index is 1.70. The normalized spacial score (nSPS) is 30.6. The molecule has 0 aromatic heterocycles. The average molecular weight is 263 g/mol. The van der Waals surface area contributed by atoms with Gasteiger partial charge in [0.1, 0.15) is 0 Å². The lowest BCUT2D eigenvalue weighted by atomic mass is 10.1. The van der Waals surface area contributed by atoms with Crippen LogP contribution in [0.25, 0.3) is 0 Å². The Morgan fingerprint density at radius 2 is 2.28 bits per heavy atom. The van der Waals surface area contributed by atoms with Gasteiger partial charge in [0.15, 0.2) is 0 Å². The van der Waals surface area contributed by atoms with E-state index in [4.69, 9.17) is 0 Å². The van der Waals surface area contributed by atoms with Crippen molar-refractivity contribution < 1.29 is 9.90 Å². The number of hydrogen-bond acceptors (Lipinski definition) is 3. The third-order valence-corrected chi connectivity index (χ3v) is 4.99. The largest absolute Gasteiger partial charge is 0.388 e. The number of carbonyl (C=O) groups excluding carboxylic acids is 1. The predicted molar refractivity (Wildman–Crippen MR) is 71.6 cm³/mol. The molecule has 0 bridgehead atoms. The second kappa shape index (κ2) is 4.28. The number of hydrogen-bond donors (Lipinski definition) is 1. The second-order valence-corrected chi connectivity index (χ2v) is 6.67. The Bertz CT molecular complexity index is 461. The first-order chi connectivity index (χ1) is 8.55. The first-order valence-corrected chi connectivity index (χ1v) is 7.19. The van der Waals surface area contributed by atoms with Gasteiger partial charge in [0.2, 0.25) is 5.91 Å². The Labute approximate surface area is 111 Å². The molecular formula is C14H17NO2S. The maximum absolute atomic E-state index is 12.4. The molecule has 18 heavy (non-hydrogen) atoms. The zero-order valence-electron chi connectivity index (χ0n) is 10.4. The number of fused-ring (bicyclic) bond motifs is 1. The van der Waals surface area contributed by atoms with Crippen LogP contribution in [0, 0.1) is 0 Å². The van der Waals surface area contributed by atoms with Gasteiger partial charge < -0.3 is 10.0 Å². The number of β-amino-alcohol motifs (C(OH)–C–C–N with tert-alkyl or cyclic N) is 1. The molecule has 3 rings (SSSR count). The van der Waals surface area contributed by atoms with E-state index in [1.807, 2.05) is 17.0 Å². The number of aliphatic hydroxyl groups is 1. The van der Waals surface area contributed by atoms with Crippen LogP contribution >= 0.6 is 11.8 Å². The van der Waals surface area contributed by atoms with E-state index in [0.717, 1.165) is 6.42 Å². The Morgan fingerprint density at radius 1 is 1.50 bits per heavy atom. The molecule has 1 aromatic rings. The topological polar surface area (TPSA) is 40.5 Å². The van der Waals surface area contributed by atoms with Crippen LogP contribution in [0.1, 0.15) is 18.9 Å². The van der Waals surface area contributed by atoms with Gasteiger partial charge in [-0.1, -0.05) is 18.2 Å². The van der Waals surface area contributed by atoms with Gasteiger partial charge in [-0.15, -0.1) is 11.8 Å². The summed E-state index contributed by atoms with van der Waals surface area (Å²) >= 11 is 1.66. The van der Waals surface area contributed by atoms with E-state index in [1.165, 1.54) is 10.5 Å². The van der Waals surface area contributed by atoms with Gasteiger partial charge in [-0.05, 0) is 31.4 Å². The minimum atomic E-state index is -0.703. The van der Waals surface area contributed by atoms with E-state index >= 15 is 0 Å². The van der Waals surface area contributed by atoms with Gasteiger partial charge in [-0.25, -0.2) is 0 Å². The third kappa shape index (κ3) is 2.15. The molecule has 1 aromatic carbocycles. The Morgan fingerprint density at radius 3 is 2.94 bits per heavy atom. The highest BCUT2D eigenvalue weighted by Crippen LogP contribution is 2.38. The summed E-state index contributed by atoms with van der Waals surface area (Å²) in [6, 6.07) is 8.20. The summed E-state index contributed by atoms with van der Waals surface area (Å²) in [5.41, 5.74) is 0.568. The van der Waals surface area contributed by atoms with E-state index in [-0.39, 0.29) is 11.2 Å². The molecule has 2 unspecified atom stereocenters. The molecule has 2 heterocycles. The van der Waals surface area contributed by atoms with Gasteiger partial charge in [0.05, 0.1) is 10.9 Å². The van der Waals surface area contributed by atoms with E-state index in [2.05, 4.69) is 12.1 Å². The lowest BCUT2D eigenvalue weighted by molar-refractivity contribution is -0.130. The van der Waals surface area contributed by atoms with Gasteiger partial charge in [0, 0.05) is 18.0 Å². The van der Waals surface area contributed by atoms with Crippen molar-refractivity contribution >= 4 is 17.7 Å². The number of carbonyl (C=O) groups is 1. The molecule has 3 nitrogen and oxygen atoms in total. The standard InChI is InChI=1S/C14H17NO2S/c1-14(17)6-7-15(9-14)13(16)12-8-10-4-2-3-5-11(10)18-12/h2-5,12,17H,6-9H2,1H3. The minimum absolute atomic E-state index is 0.00343. The van der Waals surface area contributed by atoms with Crippen molar-refractivity contribution in [3.05, 3.63) is 29.8 Å². The third-order valence-electron chi connectivity index (χ3n) is 3.69. The molecule has 1 saturated heterocycles. The molecule has 1 fully saturated rings. The fourth-order valence-electron chi connectivity index (χ4n) is 2.66. The minimum Gasteiger partial charge on any atom is -0.388 e. The molecule has 2 atom stereocenters. The smallest absolute Gasteiger partial charge is 0.236 e. The summed E-state index contributed by atoms with van der Waals surface area (Å²) in [6.07, 6.45) is 1.50. The van der Waals surface area contributed by atoms with E-state index in [0.29, 0.717) is 19.5 Å². The molecule has 0 aliphatic carbocycles. The number of rotatable bonds is 1. The molecule has 2 aliphatic rings. The van der Waals surface area contributed by atoms with Crippen molar-refractivity contribution in [2.75, 3.05) is 13.1 Å². The number of amides is 1. The molecule has 1 amide bonds. The van der Waals surface area contributed by atoms with Crippen molar-refractivity contribution in [3.63, 3.8) is 0 Å². The highest BCUT2D eigenvalue weighted by atomic mass is 32.2. The molecule has 0 spiro atoms. The van der Waals surface area contributed by atoms with Gasteiger partial charge in [0.25, 0.3) is 0 Å². The Kier molecular flexibility index (Phi) is 2.87. The summed E-state index contributed by atoms with van der Waals surface area (Å²) in [4.78, 5) is 15.4. The highest BCUT2D eigenvalue weighted by Gasteiger charge is 2.38. The predicted octanol–water partition coefficient (Wildman–Crippen LogP) is 1.69. The number of benzene rings is 1. The van der Waals surface area contributed by atoms with Crippen LogP contribution in [0.5, 0.6) is 0 Å². The van der Waals surface area contributed by atoms with E-state index < -0.39 is 5.60 Å². The van der Waals surface area contributed by atoms with Crippen LogP contribution in [0.15, 0.2) is 29.2 Å². The van der Waals surface area contributed by atoms with Crippen molar-refractivity contribution in [2.24, 2.45) is 0 Å². The van der Waals surface area contributed by atoms with Crippen LogP contribution in [0.3, 0.4) is 0 Å². The molecule has 1 N–H and O–H groups in total. The van der Waals surface area contributed by atoms with Crippen molar-refractivity contribution in [3.8, 4) is 0 Å². The van der Waals surface area contributed by atoms with Gasteiger partial charge in [-0.2, -0.15) is 0 Å². The summed E-state index contributed by atoms with van der Waals surface area (Å²) in [7, 11) is 0. The lowest BCUT2D eigenvalue weighted by Crippen LogP contribution is -2.38. The van der Waals surface area contributed by atoms with Crippen LogP contribution in [-0.4, -0.2) is 39.9 Å². The van der Waals surface area contributed by atoms with Crippen LogP contribution in [0.2, 0.25) is 0 Å². The molecule has 0 saturated carbocycles. The van der Waals surface area contributed by atoms with Crippen molar-refractivity contribution in [1.29, 1.82) is 0 Å². The van der Waals surface area contributed by atoms with E-state index in [9.17, 15) is 9.90 Å². The molecule has 96 valence electrons. The quantitative estimate of drug-likeness (QED) is 0.838. The average Bonchev–Trinajstić information content (AvgIpc) is 2.91. The molecular weight excluding hydrogens is 246 g/mol. The summed E-state index contributed by atoms with van der Waals surface area (Å²) in [5.74, 6) is 0.175. The van der Waals surface area contributed by atoms with Crippen molar-refractivity contribution in [2.45, 2.75) is 35.5 Å². The van der Waals surface area contributed by atoms with Crippen LogP contribution in [0.4, 0.5) is 0 Å². The second-order valence-electron chi connectivity index (χ2n) is 5.43. The first-order valence-electron chi connectivity index (χ1n) is 6.31. The lowest BCUT2D eigenvalue weighted by Gasteiger charge is -2.21. The highest BCUT2D eigenvalue weighted by molar-refractivity contribution is 8.01. The number of nitrogens with zero attached hydrogens (tertiary/aromatic N) is 1. The van der Waals surface area contributed by atoms with Gasteiger partial charge in [-0.3, -0.25) is 4.79 Å². The SMILES string of the molecule is CC1(O)CCN(C(=O)C2Cc3ccccc3S2)C1. The molecule has 4 heteroatoms. The fraction of sp³-hybridized carbons (Fsp3) is 0.500. The van der Waals surface area contributed by atoms with Crippen LogP contribution in [-0.2, 0) is 11.2 Å². The molecule has 0 radical (unpaired) electrons. The molecule has 2 aliphatic heterocycles.